The van der Waals surface area contributed by atoms with Gasteiger partial charge in [-0.15, -0.1) is 0 Å². The first kappa shape index (κ1) is 20.0. The summed E-state index contributed by atoms with van der Waals surface area (Å²) in [6, 6.07) is 15.9. The number of pyridine rings is 1. The van der Waals surface area contributed by atoms with Crippen LogP contribution >= 0.6 is 0 Å². The number of aromatic nitrogens is 1. The van der Waals surface area contributed by atoms with E-state index in [1.54, 1.807) is 39.0 Å². The van der Waals surface area contributed by atoms with Crippen molar-refractivity contribution in [3.8, 4) is 0 Å². The van der Waals surface area contributed by atoms with Crippen molar-refractivity contribution >= 4 is 32.5 Å². The fourth-order valence-electron chi connectivity index (χ4n) is 3.05. The fourth-order valence-corrected chi connectivity index (χ4v) is 4.75. The number of fused-ring (bicyclic) bond motifs is 1. The molecule has 0 saturated carbocycles. The minimum absolute atomic E-state index is 0.195. The van der Waals surface area contributed by atoms with Crippen LogP contribution in [0.5, 0.6) is 0 Å². The summed E-state index contributed by atoms with van der Waals surface area (Å²) in [4.78, 5) is 17.2. The van der Waals surface area contributed by atoms with E-state index < -0.39 is 10.0 Å². The summed E-state index contributed by atoms with van der Waals surface area (Å²) in [5.74, 6) is -0.388. The van der Waals surface area contributed by atoms with Gasteiger partial charge < -0.3 is 5.32 Å². The molecule has 146 valence electrons. The summed E-state index contributed by atoms with van der Waals surface area (Å²) >= 11 is 0. The number of hydrogen-bond acceptors (Lipinski definition) is 4. The number of para-hydroxylation sites is 1. The lowest BCUT2D eigenvalue weighted by molar-refractivity contribution is 0.102. The first-order valence-electron chi connectivity index (χ1n) is 9.14. The van der Waals surface area contributed by atoms with Gasteiger partial charge in [-0.2, -0.15) is 4.31 Å². The van der Waals surface area contributed by atoms with Crippen molar-refractivity contribution in [2.24, 2.45) is 0 Å². The Morgan fingerprint density at radius 1 is 1.04 bits per heavy atom. The second-order valence-corrected chi connectivity index (χ2v) is 8.32. The van der Waals surface area contributed by atoms with Gasteiger partial charge in [0.2, 0.25) is 10.0 Å². The van der Waals surface area contributed by atoms with Gasteiger partial charge in [-0.25, -0.2) is 13.4 Å². The standard InChI is InChI=1S/C21H23N3O3S/c1-4-24(5-2)28(26,27)20-14-17(12-10-15(20)3)22-21(25)19-13-11-16-8-6-7-9-18(16)23-19/h6-14H,4-5H2,1-3H3,(H,22,25). The molecule has 0 aliphatic carbocycles. The Kier molecular flexibility index (Phi) is 5.76. The molecule has 1 aromatic heterocycles. The highest BCUT2D eigenvalue weighted by atomic mass is 32.2. The number of nitrogens with one attached hydrogen (secondary N) is 1. The summed E-state index contributed by atoms with van der Waals surface area (Å²) in [5.41, 5.74) is 2.04. The molecule has 0 bridgehead atoms. The van der Waals surface area contributed by atoms with Crippen molar-refractivity contribution in [1.29, 1.82) is 0 Å². The molecule has 0 atom stereocenters. The molecule has 3 rings (SSSR count). The number of aryl methyl sites for hydroxylation is 1. The minimum atomic E-state index is -3.62. The number of carbonyl (C=O) groups is 1. The summed E-state index contributed by atoms with van der Waals surface area (Å²) in [6.07, 6.45) is 0. The normalized spacial score (nSPS) is 11.7. The van der Waals surface area contributed by atoms with E-state index in [1.807, 2.05) is 30.3 Å². The van der Waals surface area contributed by atoms with Crippen LogP contribution in [0.2, 0.25) is 0 Å². The topological polar surface area (TPSA) is 79.4 Å². The second-order valence-electron chi connectivity index (χ2n) is 6.41. The van der Waals surface area contributed by atoms with Crippen LogP contribution in [-0.4, -0.2) is 36.7 Å². The van der Waals surface area contributed by atoms with Gasteiger partial charge in [-0.3, -0.25) is 4.79 Å². The maximum absolute atomic E-state index is 12.9. The predicted molar refractivity (Wildman–Crippen MR) is 111 cm³/mol. The van der Waals surface area contributed by atoms with Crippen molar-refractivity contribution in [2.45, 2.75) is 25.7 Å². The molecule has 2 aromatic carbocycles. The van der Waals surface area contributed by atoms with E-state index in [-0.39, 0.29) is 16.5 Å². The maximum atomic E-state index is 12.9. The van der Waals surface area contributed by atoms with Crippen LogP contribution in [0.3, 0.4) is 0 Å². The monoisotopic (exact) mass is 397 g/mol. The minimum Gasteiger partial charge on any atom is -0.321 e. The van der Waals surface area contributed by atoms with Gasteiger partial charge in [-0.05, 0) is 36.8 Å². The molecule has 6 nitrogen and oxygen atoms in total. The fraction of sp³-hybridized carbons (Fsp3) is 0.238. The van der Waals surface area contributed by atoms with E-state index in [4.69, 9.17) is 0 Å². The van der Waals surface area contributed by atoms with Crippen LogP contribution in [0.15, 0.2) is 59.5 Å². The van der Waals surface area contributed by atoms with E-state index >= 15 is 0 Å². The third-order valence-electron chi connectivity index (χ3n) is 4.60. The predicted octanol–water partition coefficient (Wildman–Crippen LogP) is 3.83. The first-order valence-corrected chi connectivity index (χ1v) is 10.6. The van der Waals surface area contributed by atoms with Crippen molar-refractivity contribution < 1.29 is 13.2 Å². The molecular weight excluding hydrogens is 374 g/mol. The molecule has 0 radical (unpaired) electrons. The number of rotatable bonds is 6. The number of nitrogens with zero attached hydrogens (tertiary/aromatic N) is 2. The molecular formula is C21H23N3O3S. The van der Waals surface area contributed by atoms with Crippen LogP contribution in [0.4, 0.5) is 5.69 Å². The molecule has 0 aliphatic rings. The number of benzene rings is 2. The molecule has 0 saturated heterocycles. The van der Waals surface area contributed by atoms with Gasteiger partial charge in [0.15, 0.2) is 0 Å². The highest BCUT2D eigenvalue weighted by molar-refractivity contribution is 7.89. The van der Waals surface area contributed by atoms with E-state index in [0.717, 1.165) is 10.9 Å². The third kappa shape index (κ3) is 3.90. The highest BCUT2D eigenvalue weighted by Gasteiger charge is 2.24. The van der Waals surface area contributed by atoms with Crippen LogP contribution < -0.4 is 5.32 Å². The lowest BCUT2D eigenvalue weighted by Crippen LogP contribution is -2.31. The van der Waals surface area contributed by atoms with E-state index in [0.29, 0.717) is 24.3 Å². The molecule has 0 unspecified atom stereocenters. The smallest absolute Gasteiger partial charge is 0.274 e. The average Bonchev–Trinajstić information content (AvgIpc) is 2.69. The maximum Gasteiger partial charge on any atom is 0.274 e. The Morgan fingerprint density at radius 3 is 2.46 bits per heavy atom. The molecule has 1 amide bonds. The summed E-state index contributed by atoms with van der Waals surface area (Å²) in [5, 5.41) is 3.70. The third-order valence-corrected chi connectivity index (χ3v) is 6.79. The van der Waals surface area contributed by atoms with Crippen LogP contribution in [0.25, 0.3) is 10.9 Å². The summed E-state index contributed by atoms with van der Waals surface area (Å²) in [7, 11) is -3.62. The average molecular weight is 398 g/mol. The van der Waals surface area contributed by atoms with Crippen molar-refractivity contribution in [2.75, 3.05) is 18.4 Å². The zero-order valence-electron chi connectivity index (χ0n) is 16.1. The number of hydrogen-bond donors (Lipinski definition) is 1. The van der Waals surface area contributed by atoms with Gasteiger partial charge in [0, 0.05) is 24.2 Å². The van der Waals surface area contributed by atoms with E-state index in [1.165, 1.54) is 10.4 Å². The second kappa shape index (κ2) is 8.08. The number of sulfonamides is 1. The highest BCUT2D eigenvalue weighted by Crippen LogP contribution is 2.24. The lowest BCUT2D eigenvalue weighted by atomic mass is 10.2. The van der Waals surface area contributed by atoms with Gasteiger partial charge in [0.25, 0.3) is 5.91 Å². The Labute approximate surface area is 165 Å². The first-order chi connectivity index (χ1) is 13.4. The Morgan fingerprint density at radius 2 is 1.75 bits per heavy atom. The Bertz CT molecular complexity index is 1120. The van der Waals surface area contributed by atoms with Gasteiger partial charge in [0.1, 0.15) is 5.69 Å². The molecule has 1 heterocycles. The van der Waals surface area contributed by atoms with Crippen molar-refractivity contribution in [1.82, 2.24) is 9.29 Å². The van der Waals surface area contributed by atoms with Crippen LogP contribution in [-0.2, 0) is 10.0 Å². The number of anilines is 1. The zero-order valence-corrected chi connectivity index (χ0v) is 17.0. The molecule has 1 N–H and O–H groups in total. The van der Waals surface area contributed by atoms with Crippen molar-refractivity contribution in [3.63, 3.8) is 0 Å². The molecule has 0 aliphatic heterocycles. The Balaban J connectivity index is 1.91. The molecule has 0 fully saturated rings. The number of amides is 1. The molecule has 0 spiro atoms. The largest absolute Gasteiger partial charge is 0.321 e. The van der Waals surface area contributed by atoms with E-state index in [9.17, 15) is 13.2 Å². The van der Waals surface area contributed by atoms with Crippen LogP contribution in [0.1, 0.15) is 29.9 Å². The van der Waals surface area contributed by atoms with Gasteiger partial charge >= 0.3 is 0 Å². The molecule has 3 aromatic rings. The van der Waals surface area contributed by atoms with Crippen LogP contribution in [0, 0.1) is 6.92 Å². The Hall–Kier alpha value is -2.77. The van der Waals surface area contributed by atoms with Gasteiger partial charge in [-0.1, -0.05) is 44.2 Å². The molecule has 7 heteroatoms. The number of carbonyl (C=O) groups excluding carboxylic acids is 1. The van der Waals surface area contributed by atoms with Crippen molar-refractivity contribution in [3.05, 3.63) is 65.9 Å². The quantitative estimate of drug-likeness (QED) is 0.686. The summed E-state index contributed by atoms with van der Waals surface area (Å²) in [6.45, 7) is 6.11. The van der Waals surface area contributed by atoms with E-state index in [2.05, 4.69) is 10.3 Å². The SMILES string of the molecule is CCN(CC)S(=O)(=O)c1cc(NC(=O)c2ccc3ccccc3n2)ccc1C. The lowest BCUT2D eigenvalue weighted by Gasteiger charge is -2.20. The van der Waals surface area contributed by atoms with Gasteiger partial charge in [0.05, 0.1) is 10.4 Å². The zero-order chi connectivity index (χ0) is 20.3. The molecule has 28 heavy (non-hydrogen) atoms. The summed E-state index contributed by atoms with van der Waals surface area (Å²) < 4.78 is 27.1.